The minimum atomic E-state index is 0.592. The average Bonchev–Trinajstić information content (AvgIpc) is 3.01. The van der Waals surface area contributed by atoms with E-state index in [1.54, 1.807) is 5.57 Å². The summed E-state index contributed by atoms with van der Waals surface area (Å²) in [6.45, 7) is 2.97. The van der Waals surface area contributed by atoms with Gasteiger partial charge in [0.1, 0.15) is 5.82 Å². The summed E-state index contributed by atoms with van der Waals surface area (Å²) in [6.07, 6.45) is 14.0. The molecule has 1 fully saturated rings. The van der Waals surface area contributed by atoms with Gasteiger partial charge in [-0.3, -0.25) is 0 Å². The minimum Gasteiger partial charge on any atom is -0.367 e. The summed E-state index contributed by atoms with van der Waals surface area (Å²) in [4.78, 5) is 9.14. The lowest BCUT2D eigenvalue weighted by Gasteiger charge is -2.15. The highest BCUT2D eigenvalue weighted by atomic mass is 15.1. The van der Waals surface area contributed by atoms with Crippen molar-refractivity contribution in [1.29, 1.82) is 0 Å². The number of nitrogens with one attached hydrogen (secondary N) is 2. The van der Waals surface area contributed by atoms with Crippen LogP contribution in [0.4, 0.5) is 11.8 Å². The molecule has 0 radical (unpaired) electrons. The van der Waals surface area contributed by atoms with Crippen LogP contribution in [0.3, 0.4) is 0 Å². The Kier molecular flexibility index (Phi) is 5.30. The van der Waals surface area contributed by atoms with Crippen molar-refractivity contribution in [2.75, 3.05) is 17.2 Å². The third kappa shape index (κ3) is 4.46. The van der Waals surface area contributed by atoms with Crippen LogP contribution in [0.25, 0.3) is 0 Å². The lowest BCUT2D eigenvalue weighted by Crippen LogP contribution is -2.17. The van der Waals surface area contributed by atoms with Gasteiger partial charge in [0.05, 0.1) is 0 Å². The second kappa shape index (κ2) is 7.61. The molecule has 1 saturated carbocycles. The fourth-order valence-corrected chi connectivity index (χ4v) is 3.47. The molecule has 22 heavy (non-hydrogen) atoms. The number of anilines is 2. The van der Waals surface area contributed by atoms with Gasteiger partial charge in [-0.1, -0.05) is 24.5 Å². The summed E-state index contributed by atoms with van der Waals surface area (Å²) >= 11 is 0. The van der Waals surface area contributed by atoms with E-state index in [-0.39, 0.29) is 0 Å². The highest BCUT2D eigenvalue weighted by Gasteiger charge is 2.15. The zero-order valence-corrected chi connectivity index (χ0v) is 13.7. The molecule has 0 atom stereocenters. The molecule has 0 saturated heterocycles. The van der Waals surface area contributed by atoms with Crippen molar-refractivity contribution in [3.63, 3.8) is 0 Å². The second-order valence-corrected chi connectivity index (χ2v) is 6.63. The van der Waals surface area contributed by atoms with Crippen LogP contribution in [-0.4, -0.2) is 22.6 Å². The number of hydrogen-bond donors (Lipinski definition) is 2. The van der Waals surface area contributed by atoms with E-state index in [0.29, 0.717) is 6.04 Å². The molecule has 0 aromatic carbocycles. The normalized spacial score (nSPS) is 19.0. The molecule has 120 valence electrons. The smallest absolute Gasteiger partial charge is 0.224 e. The van der Waals surface area contributed by atoms with Gasteiger partial charge in [-0.25, -0.2) is 4.98 Å². The van der Waals surface area contributed by atoms with Gasteiger partial charge in [0, 0.05) is 24.3 Å². The second-order valence-electron chi connectivity index (χ2n) is 6.63. The lowest BCUT2D eigenvalue weighted by molar-refractivity contribution is 0.679. The van der Waals surface area contributed by atoms with E-state index in [2.05, 4.69) is 26.7 Å². The molecule has 1 heterocycles. The van der Waals surface area contributed by atoms with E-state index in [9.17, 15) is 0 Å². The summed E-state index contributed by atoms with van der Waals surface area (Å²) < 4.78 is 0. The van der Waals surface area contributed by atoms with Crippen LogP contribution < -0.4 is 10.6 Å². The van der Waals surface area contributed by atoms with Crippen molar-refractivity contribution in [3.8, 4) is 0 Å². The first kappa shape index (κ1) is 15.3. The molecule has 1 aromatic rings. The predicted octanol–water partition coefficient (Wildman–Crippen LogP) is 4.44. The van der Waals surface area contributed by atoms with E-state index in [1.165, 1.54) is 51.4 Å². The van der Waals surface area contributed by atoms with Crippen LogP contribution in [0.15, 0.2) is 17.7 Å². The zero-order chi connectivity index (χ0) is 15.2. The standard InChI is InChI=1S/C18H28N4/c1-14-13-17(21-16-9-5-6-10-16)22-18(20-14)19-12-11-15-7-3-2-4-8-15/h7,13,16H,2-6,8-12H2,1H3,(H2,19,20,21,22). The summed E-state index contributed by atoms with van der Waals surface area (Å²) in [5.41, 5.74) is 2.62. The molecule has 2 aliphatic rings. The Morgan fingerprint density at radius 2 is 2.00 bits per heavy atom. The molecule has 3 rings (SSSR count). The van der Waals surface area contributed by atoms with E-state index in [0.717, 1.165) is 30.4 Å². The molecule has 4 heteroatoms. The van der Waals surface area contributed by atoms with Gasteiger partial charge in [-0.2, -0.15) is 4.98 Å². The van der Waals surface area contributed by atoms with Gasteiger partial charge in [0.2, 0.25) is 5.95 Å². The molecule has 0 unspecified atom stereocenters. The number of rotatable bonds is 6. The monoisotopic (exact) mass is 300 g/mol. The van der Waals surface area contributed by atoms with Gasteiger partial charge in [-0.15, -0.1) is 0 Å². The van der Waals surface area contributed by atoms with Crippen LogP contribution in [0.1, 0.15) is 63.5 Å². The van der Waals surface area contributed by atoms with E-state index in [4.69, 9.17) is 0 Å². The molecule has 0 bridgehead atoms. The Bertz CT molecular complexity index is 518. The van der Waals surface area contributed by atoms with Gasteiger partial charge in [0.25, 0.3) is 0 Å². The van der Waals surface area contributed by atoms with Gasteiger partial charge in [0.15, 0.2) is 0 Å². The fraction of sp³-hybridized carbons (Fsp3) is 0.667. The fourth-order valence-electron chi connectivity index (χ4n) is 3.47. The number of nitrogens with zero attached hydrogens (tertiary/aromatic N) is 2. The lowest BCUT2D eigenvalue weighted by atomic mass is 9.97. The topological polar surface area (TPSA) is 49.8 Å². The first-order valence-electron chi connectivity index (χ1n) is 8.83. The number of aryl methyl sites for hydroxylation is 1. The van der Waals surface area contributed by atoms with Crippen molar-refractivity contribution < 1.29 is 0 Å². The van der Waals surface area contributed by atoms with Crippen molar-refractivity contribution in [2.24, 2.45) is 0 Å². The zero-order valence-electron chi connectivity index (χ0n) is 13.7. The molecule has 0 spiro atoms. The van der Waals surface area contributed by atoms with Crippen molar-refractivity contribution in [3.05, 3.63) is 23.4 Å². The molecular weight excluding hydrogens is 272 g/mol. The van der Waals surface area contributed by atoms with Crippen LogP contribution in [-0.2, 0) is 0 Å². The number of hydrogen-bond acceptors (Lipinski definition) is 4. The maximum atomic E-state index is 4.63. The van der Waals surface area contributed by atoms with Crippen molar-refractivity contribution in [2.45, 2.75) is 70.8 Å². The summed E-state index contributed by atoms with van der Waals surface area (Å²) in [5.74, 6) is 1.73. The molecule has 2 N–H and O–H groups in total. The summed E-state index contributed by atoms with van der Waals surface area (Å²) in [7, 11) is 0. The first-order chi connectivity index (χ1) is 10.8. The van der Waals surface area contributed by atoms with E-state index in [1.807, 2.05) is 13.0 Å². The quantitative estimate of drug-likeness (QED) is 0.762. The number of aromatic nitrogens is 2. The van der Waals surface area contributed by atoms with Crippen LogP contribution in [0.5, 0.6) is 0 Å². The van der Waals surface area contributed by atoms with Gasteiger partial charge in [-0.05, 0) is 51.9 Å². The molecule has 4 nitrogen and oxygen atoms in total. The summed E-state index contributed by atoms with van der Waals surface area (Å²) in [6, 6.07) is 2.64. The third-order valence-electron chi connectivity index (χ3n) is 4.68. The van der Waals surface area contributed by atoms with E-state index < -0.39 is 0 Å². The Balaban J connectivity index is 1.53. The van der Waals surface area contributed by atoms with Crippen LogP contribution in [0, 0.1) is 6.92 Å². The Morgan fingerprint density at radius 3 is 2.77 bits per heavy atom. The van der Waals surface area contributed by atoms with Crippen molar-refractivity contribution >= 4 is 11.8 Å². The van der Waals surface area contributed by atoms with Gasteiger partial charge < -0.3 is 10.6 Å². The summed E-state index contributed by atoms with van der Waals surface area (Å²) in [5, 5.41) is 6.95. The van der Waals surface area contributed by atoms with E-state index >= 15 is 0 Å². The minimum absolute atomic E-state index is 0.592. The highest BCUT2D eigenvalue weighted by Crippen LogP contribution is 2.22. The molecule has 1 aromatic heterocycles. The maximum absolute atomic E-state index is 4.63. The van der Waals surface area contributed by atoms with Crippen LogP contribution >= 0.6 is 0 Å². The molecular formula is C18H28N4. The SMILES string of the molecule is Cc1cc(NC2CCCC2)nc(NCCC2=CCCCC2)n1. The first-order valence-corrected chi connectivity index (χ1v) is 8.83. The maximum Gasteiger partial charge on any atom is 0.224 e. The Labute approximate surface area is 133 Å². The number of allylic oxidation sites excluding steroid dienone is 1. The van der Waals surface area contributed by atoms with Crippen molar-refractivity contribution in [1.82, 2.24) is 9.97 Å². The molecule has 0 aliphatic heterocycles. The third-order valence-corrected chi connectivity index (χ3v) is 4.68. The largest absolute Gasteiger partial charge is 0.367 e. The average molecular weight is 300 g/mol. The molecule has 0 amide bonds. The predicted molar refractivity (Wildman–Crippen MR) is 92.3 cm³/mol. The Morgan fingerprint density at radius 1 is 1.14 bits per heavy atom. The van der Waals surface area contributed by atoms with Gasteiger partial charge >= 0.3 is 0 Å². The molecule has 2 aliphatic carbocycles. The van der Waals surface area contributed by atoms with Crippen LogP contribution in [0.2, 0.25) is 0 Å². The Hall–Kier alpha value is -1.58. The highest BCUT2D eigenvalue weighted by molar-refractivity contribution is 5.43.